The van der Waals surface area contributed by atoms with E-state index in [-0.39, 0.29) is 5.82 Å². The smallest absolute Gasteiger partial charge is 0.248 e. The minimum absolute atomic E-state index is 0.329. The van der Waals surface area contributed by atoms with Crippen LogP contribution in [0.2, 0.25) is 0 Å². The zero-order valence-electron chi connectivity index (χ0n) is 8.89. The van der Waals surface area contributed by atoms with Crippen molar-refractivity contribution in [3.05, 3.63) is 41.1 Å². The van der Waals surface area contributed by atoms with Crippen LogP contribution in [0.1, 0.15) is 0 Å². The van der Waals surface area contributed by atoms with Crippen LogP contribution in [0.3, 0.4) is 0 Å². The second-order valence-corrected chi connectivity index (χ2v) is 4.31. The van der Waals surface area contributed by atoms with Crippen LogP contribution in [0.15, 0.2) is 35.3 Å². The van der Waals surface area contributed by atoms with Gasteiger partial charge in [0.2, 0.25) is 5.88 Å². The third kappa shape index (κ3) is 1.92. The quantitative estimate of drug-likeness (QED) is 0.790. The van der Waals surface area contributed by atoms with E-state index in [0.717, 1.165) is 0 Å². The van der Waals surface area contributed by atoms with Gasteiger partial charge in [0.25, 0.3) is 0 Å². The monoisotopic (exact) mass is 308 g/mol. The molecule has 0 aliphatic rings. The number of halogens is 2. The normalized spacial score (nSPS) is 10.8. The van der Waals surface area contributed by atoms with Gasteiger partial charge in [-0.25, -0.2) is 14.4 Å². The lowest BCUT2D eigenvalue weighted by Gasteiger charge is -2.05. The summed E-state index contributed by atoms with van der Waals surface area (Å²) in [6.07, 6.45) is 2.86. The van der Waals surface area contributed by atoms with Gasteiger partial charge in [-0.2, -0.15) is 4.98 Å². The molecule has 1 aromatic carbocycles. The van der Waals surface area contributed by atoms with Crippen molar-refractivity contribution in [1.29, 1.82) is 0 Å². The molecule has 0 amide bonds. The molecule has 2 aromatic heterocycles. The first-order chi connectivity index (χ1) is 8.74. The van der Waals surface area contributed by atoms with E-state index in [1.807, 2.05) is 0 Å². The van der Waals surface area contributed by atoms with E-state index in [0.29, 0.717) is 27.3 Å². The number of nitrogens with zero attached hydrogens (tertiary/aromatic N) is 3. The fourth-order valence-corrected chi connectivity index (χ4v) is 1.83. The minimum Gasteiger partial charge on any atom is -0.437 e. The number of hydrogen-bond donors (Lipinski definition) is 1. The Labute approximate surface area is 109 Å². The van der Waals surface area contributed by atoms with Gasteiger partial charge in [0, 0.05) is 0 Å². The highest BCUT2D eigenvalue weighted by Gasteiger charge is 2.09. The molecule has 3 rings (SSSR count). The molecule has 0 unspecified atom stereocenters. The van der Waals surface area contributed by atoms with E-state index >= 15 is 0 Å². The predicted octanol–water partition coefficient (Wildman–Crippen LogP) is 3.05. The lowest BCUT2D eigenvalue weighted by molar-refractivity contribution is 0.464. The van der Waals surface area contributed by atoms with Gasteiger partial charge < -0.3 is 9.72 Å². The van der Waals surface area contributed by atoms with E-state index in [1.165, 1.54) is 30.9 Å². The van der Waals surface area contributed by atoms with Gasteiger partial charge in [-0.3, -0.25) is 0 Å². The first kappa shape index (κ1) is 11.1. The van der Waals surface area contributed by atoms with Crippen LogP contribution >= 0.6 is 15.9 Å². The third-order valence-electron chi connectivity index (χ3n) is 2.29. The predicted molar refractivity (Wildman–Crippen MR) is 65.9 cm³/mol. The zero-order chi connectivity index (χ0) is 12.5. The van der Waals surface area contributed by atoms with Gasteiger partial charge in [-0.1, -0.05) is 0 Å². The van der Waals surface area contributed by atoms with Crippen LogP contribution in [-0.2, 0) is 0 Å². The van der Waals surface area contributed by atoms with Gasteiger partial charge >= 0.3 is 0 Å². The Kier molecular flexibility index (Phi) is 2.67. The van der Waals surface area contributed by atoms with Crippen LogP contribution in [-0.4, -0.2) is 19.9 Å². The maximum atomic E-state index is 13.1. The van der Waals surface area contributed by atoms with Crippen molar-refractivity contribution in [2.24, 2.45) is 0 Å². The molecule has 3 aromatic rings. The molecular weight excluding hydrogens is 303 g/mol. The Morgan fingerprint density at radius 2 is 2.11 bits per heavy atom. The molecule has 0 aliphatic carbocycles. The van der Waals surface area contributed by atoms with Crippen molar-refractivity contribution in [3.63, 3.8) is 0 Å². The molecule has 0 radical (unpaired) electrons. The third-order valence-corrected chi connectivity index (χ3v) is 2.90. The molecule has 90 valence electrons. The molecule has 0 saturated carbocycles. The van der Waals surface area contributed by atoms with Crippen molar-refractivity contribution in [2.45, 2.75) is 0 Å². The van der Waals surface area contributed by atoms with Crippen molar-refractivity contribution in [3.8, 4) is 11.6 Å². The van der Waals surface area contributed by atoms with Gasteiger partial charge in [-0.05, 0) is 34.1 Å². The van der Waals surface area contributed by atoms with Crippen LogP contribution in [0.25, 0.3) is 11.2 Å². The molecule has 0 bridgehead atoms. The summed E-state index contributed by atoms with van der Waals surface area (Å²) >= 11 is 3.09. The number of imidazole rings is 1. The summed E-state index contributed by atoms with van der Waals surface area (Å²) in [6.45, 7) is 0. The van der Waals surface area contributed by atoms with E-state index in [1.54, 1.807) is 0 Å². The van der Waals surface area contributed by atoms with Crippen LogP contribution in [0, 0.1) is 5.82 Å². The van der Waals surface area contributed by atoms with Crippen LogP contribution in [0.4, 0.5) is 4.39 Å². The van der Waals surface area contributed by atoms with Crippen LogP contribution < -0.4 is 4.74 Å². The number of fused-ring (bicyclic) bond motifs is 1. The molecule has 0 fully saturated rings. The van der Waals surface area contributed by atoms with Gasteiger partial charge in [0.05, 0.1) is 10.8 Å². The minimum atomic E-state index is -0.350. The molecule has 7 heteroatoms. The summed E-state index contributed by atoms with van der Waals surface area (Å²) in [6, 6.07) is 4.36. The Morgan fingerprint density at radius 3 is 2.94 bits per heavy atom. The molecule has 5 nitrogen and oxygen atoms in total. The summed E-state index contributed by atoms with van der Waals surface area (Å²) in [4.78, 5) is 14.9. The summed E-state index contributed by atoms with van der Waals surface area (Å²) < 4.78 is 19.0. The number of benzene rings is 1. The highest BCUT2D eigenvalue weighted by molar-refractivity contribution is 9.10. The molecule has 0 saturated heterocycles. The molecule has 1 N–H and O–H groups in total. The number of aromatic nitrogens is 4. The Morgan fingerprint density at radius 1 is 1.22 bits per heavy atom. The van der Waals surface area contributed by atoms with Gasteiger partial charge in [0.1, 0.15) is 23.4 Å². The SMILES string of the molecule is Fc1ccc(Oc2ncnc3nc[nH]c23)cc1Br. The summed E-state index contributed by atoms with van der Waals surface area (Å²) in [5, 5.41) is 0. The van der Waals surface area contributed by atoms with Crippen molar-refractivity contribution < 1.29 is 9.13 Å². The number of ether oxygens (including phenoxy) is 1. The van der Waals surface area contributed by atoms with Gasteiger partial charge in [0.15, 0.2) is 5.65 Å². The maximum Gasteiger partial charge on any atom is 0.248 e. The first-order valence-corrected chi connectivity index (χ1v) is 5.80. The topological polar surface area (TPSA) is 63.7 Å². The lowest BCUT2D eigenvalue weighted by Crippen LogP contribution is -1.91. The second-order valence-electron chi connectivity index (χ2n) is 3.46. The zero-order valence-corrected chi connectivity index (χ0v) is 10.5. The van der Waals surface area contributed by atoms with E-state index < -0.39 is 0 Å². The Bertz CT molecular complexity index is 715. The molecule has 0 aliphatic heterocycles. The van der Waals surface area contributed by atoms with Crippen molar-refractivity contribution in [1.82, 2.24) is 19.9 Å². The molecule has 0 spiro atoms. The highest BCUT2D eigenvalue weighted by Crippen LogP contribution is 2.27. The number of aromatic amines is 1. The first-order valence-electron chi connectivity index (χ1n) is 5.01. The fourth-order valence-electron chi connectivity index (χ4n) is 1.47. The number of hydrogen-bond acceptors (Lipinski definition) is 4. The van der Waals surface area contributed by atoms with E-state index in [2.05, 4.69) is 35.9 Å². The average Bonchev–Trinajstić information content (AvgIpc) is 2.83. The van der Waals surface area contributed by atoms with Gasteiger partial charge in [-0.15, -0.1) is 0 Å². The Hall–Kier alpha value is -2.02. The maximum absolute atomic E-state index is 13.1. The van der Waals surface area contributed by atoms with Crippen molar-refractivity contribution >= 4 is 27.1 Å². The fraction of sp³-hybridized carbons (Fsp3) is 0. The number of rotatable bonds is 2. The standard InChI is InChI=1S/C11H6BrFN4O/c12-7-3-6(1-2-8(7)13)18-11-9-10(15-4-14-9)16-5-17-11/h1-5H,(H,14,15,16,17). The van der Waals surface area contributed by atoms with E-state index in [4.69, 9.17) is 4.74 Å². The largest absolute Gasteiger partial charge is 0.437 e. The number of H-pyrrole nitrogens is 1. The average molecular weight is 309 g/mol. The van der Waals surface area contributed by atoms with Crippen molar-refractivity contribution in [2.75, 3.05) is 0 Å². The molecular formula is C11H6BrFN4O. The second kappa shape index (κ2) is 4.34. The molecule has 0 atom stereocenters. The van der Waals surface area contributed by atoms with E-state index in [9.17, 15) is 4.39 Å². The van der Waals surface area contributed by atoms with Crippen LogP contribution in [0.5, 0.6) is 11.6 Å². The summed E-state index contributed by atoms with van der Waals surface area (Å²) in [7, 11) is 0. The summed E-state index contributed by atoms with van der Waals surface area (Å²) in [5.74, 6) is 0.464. The molecule has 18 heavy (non-hydrogen) atoms. The summed E-state index contributed by atoms with van der Waals surface area (Å²) in [5.41, 5.74) is 1.11. The number of nitrogens with one attached hydrogen (secondary N) is 1. The lowest BCUT2D eigenvalue weighted by atomic mass is 10.3. The Balaban J connectivity index is 2.01. The molecule has 2 heterocycles. The highest BCUT2D eigenvalue weighted by atomic mass is 79.9.